The number of carbonyl (C=O) groups excluding carboxylic acids is 1. The Bertz CT molecular complexity index is 1090. The van der Waals surface area contributed by atoms with Crippen LogP contribution < -0.4 is 5.32 Å². The first-order valence-electron chi connectivity index (χ1n) is 10.1. The average molecular weight is 472 g/mol. The smallest absolute Gasteiger partial charge is 0.257 e. The van der Waals surface area contributed by atoms with Gasteiger partial charge in [-0.15, -0.1) is 25.3 Å². The molecule has 8 heteroatoms. The highest BCUT2D eigenvalue weighted by atomic mass is 32.1. The average Bonchev–Trinajstić information content (AvgIpc) is 3.16. The zero-order valence-corrected chi connectivity index (χ0v) is 19.3. The lowest BCUT2D eigenvalue weighted by molar-refractivity contribution is -0.142. The third kappa shape index (κ3) is 3.86. The molecule has 2 aliphatic heterocycles. The van der Waals surface area contributed by atoms with Crippen LogP contribution in [0.15, 0.2) is 60.0 Å². The zero-order valence-electron chi connectivity index (χ0n) is 17.5. The molecule has 0 bridgehead atoms. The maximum Gasteiger partial charge on any atom is 0.257 e. The largest absolute Gasteiger partial charge is 0.507 e. The minimum atomic E-state index is -1.89. The van der Waals surface area contributed by atoms with Crippen molar-refractivity contribution in [3.8, 4) is 5.75 Å². The van der Waals surface area contributed by atoms with Crippen LogP contribution in [0.3, 0.4) is 0 Å². The first-order chi connectivity index (χ1) is 15.2. The zero-order chi connectivity index (χ0) is 23.1. The van der Waals surface area contributed by atoms with Crippen molar-refractivity contribution in [2.75, 3.05) is 12.4 Å². The number of aromatic hydroxyl groups is 1. The molecule has 0 aliphatic carbocycles. The van der Waals surface area contributed by atoms with Crippen LogP contribution in [0.1, 0.15) is 29.5 Å². The summed E-state index contributed by atoms with van der Waals surface area (Å²) in [7, 11) is 1.35. The molecule has 1 amide bonds. The van der Waals surface area contributed by atoms with Crippen molar-refractivity contribution >= 4 is 42.9 Å². The van der Waals surface area contributed by atoms with E-state index in [1.54, 1.807) is 54.6 Å². The summed E-state index contributed by atoms with van der Waals surface area (Å²) in [5, 5.41) is 25.8. The molecule has 0 saturated carbocycles. The van der Waals surface area contributed by atoms with Gasteiger partial charge in [-0.05, 0) is 36.6 Å². The van der Waals surface area contributed by atoms with E-state index in [1.165, 1.54) is 7.11 Å². The predicted octanol–water partition coefficient (Wildman–Crippen LogP) is 3.86. The fourth-order valence-electron chi connectivity index (χ4n) is 4.30. The quantitative estimate of drug-likeness (QED) is 0.428. The van der Waals surface area contributed by atoms with Crippen LogP contribution in [-0.4, -0.2) is 40.4 Å². The fraction of sp³-hybridized carbons (Fsp3) is 0.292. The highest BCUT2D eigenvalue weighted by molar-refractivity contribution is 7.84. The van der Waals surface area contributed by atoms with Gasteiger partial charge in [0, 0.05) is 17.6 Å². The van der Waals surface area contributed by atoms with Crippen molar-refractivity contribution in [1.82, 2.24) is 0 Å². The van der Waals surface area contributed by atoms with E-state index >= 15 is 0 Å². The Kier molecular flexibility index (Phi) is 6.17. The number of benzene rings is 2. The molecule has 3 N–H and O–H groups in total. The maximum atomic E-state index is 12.7. The lowest BCUT2D eigenvalue weighted by Gasteiger charge is -2.40. The molecule has 0 spiro atoms. The Morgan fingerprint density at radius 1 is 1.31 bits per heavy atom. The Hall–Kier alpha value is -2.23. The molecular formula is C24H25NO5S2. The van der Waals surface area contributed by atoms with Gasteiger partial charge in [0.05, 0.1) is 17.4 Å². The molecule has 2 aliphatic rings. The number of hydrogen-bond acceptors (Lipinski definition) is 7. The Balaban J connectivity index is 1.79. The number of aliphatic hydroxyl groups is 1. The topological polar surface area (TPSA) is 88.0 Å². The van der Waals surface area contributed by atoms with E-state index in [9.17, 15) is 15.0 Å². The number of carbonyl (C=O) groups is 1. The standard InChI is InChI=1S/C24H25NO5S2/c1-14(31)18-11-13-23(32,30-18)12-10-15-8-9-17-19(20(15)26)24(28,16-6-4-3-5-7-16)21(29-2)22(27)25-17/h3-10,12,18,21,26,28,31-32H,1,11,13H2,2H3,(H,25,27)/b12-10+/t18-,21+,23+,24-/m0/s1. The molecule has 4 atom stereocenters. The molecule has 2 heterocycles. The number of thiol groups is 2. The molecule has 32 heavy (non-hydrogen) atoms. The van der Waals surface area contributed by atoms with Crippen LogP contribution >= 0.6 is 25.3 Å². The fourth-order valence-corrected chi connectivity index (χ4v) is 4.81. The molecular weight excluding hydrogens is 446 g/mol. The minimum absolute atomic E-state index is 0.166. The van der Waals surface area contributed by atoms with Crippen LogP contribution in [0.2, 0.25) is 0 Å². The first-order valence-corrected chi connectivity index (χ1v) is 11.0. The van der Waals surface area contributed by atoms with Gasteiger partial charge in [-0.3, -0.25) is 4.79 Å². The SMILES string of the molecule is C=C(S)[C@@H]1CC[C@](S)(/C=C/c2ccc3c(c2O)[C@@](O)(c2ccccc2)[C@H](OC)C(=O)N3)O1. The van der Waals surface area contributed by atoms with Gasteiger partial charge in [0.1, 0.15) is 10.7 Å². The van der Waals surface area contributed by atoms with Crippen molar-refractivity contribution in [2.45, 2.75) is 35.6 Å². The summed E-state index contributed by atoms with van der Waals surface area (Å²) in [6.07, 6.45) is 3.39. The van der Waals surface area contributed by atoms with Crippen LogP contribution in [0.4, 0.5) is 5.69 Å². The third-order valence-electron chi connectivity index (χ3n) is 5.92. The molecule has 2 aromatic carbocycles. The van der Waals surface area contributed by atoms with E-state index in [4.69, 9.17) is 9.47 Å². The Labute approximate surface area is 197 Å². The van der Waals surface area contributed by atoms with E-state index in [0.717, 1.165) is 6.42 Å². The lowest BCUT2D eigenvalue weighted by atomic mass is 9.77. The summed E-state index contributed by atoms with van der Waals surface area (Å²) in [4.78, 5) is 12.5. The van der Waals surface area contributed by atoms with Gasteiger partial charge in [-0.1, -0.05) is 43.0 Å². The second kappa shape index (κ2) is 8.61. The summed E-state index contributed by atoms with van der Waals surface area (Å²) in [6.45, 7) is 3.82. The first kappa shape index (κ1) is 22.9. The summed E-state index contributed by atoms with van der Waals surface area (Å²) in [5.74, 6) is -0.669. The number of nitrogens with one attached hydrogen (secondary N) is 1. The minimum Gasteiger partial charge on any atom is -0.507 e. The van der Waals surface area contributed by atoms with E-state index in [2.05, 4.69) is 37.2 Å². The van der Waals surface area contributed by atoms with Gasteiger partial charge < -0.3 is 25.0 Å². The van der Waals surface area contributed by atoms with Crippen LogP contribution in [0.5, 0.6) is 5.75 Å². The third-order valence-corrected chi connectivity index (χ3v) is 6.69. The number of fused-ring (bicyclic) bond motifs is 1. The number of hydrogen-bond donors (Lipinski definition) is 5. The Morgan fingerprint density at radius 3 is 2.66 bits per heavy atom. The van der Waals surface area contributed by atoms with Crippen molar-refractivity contribution in [3.63, 3.8) is 0 Å². The van der Waals surface area contributed by atoms with Crippen molar-refractivity contribution < 1.29 is 24.5 Å². The Morgan fingerprint density at radius 2 is 2.03 bits per heavy atom. The summed E-state index contributed by atoms with van der Waals surface area (Å²) < 4.78 is 11.3. The van der Waals surface area contributed by atoms with Gasteiger partial charge >= 0.3 is 0 Å². The maximum absolute atomic E-state index is 12.7. The van der Waals surface area contributed by atoms with Gasteiger partial charge in [-0.25, -0.2) is 0 Å². The van der Waals surface area contributed by atoms with Crippen LogP contribution in [0.25, 0.3) is 6.08 Å². The van der Waals surface area contributed by atoms with Gasteiger partial charge in [0.15, 0.2) is 11.7 Å². The lowest BCUT2D eigenvalue weighted by Crippen LogP contribution is -2.52. The molecule has 1 saturated heterocycles. The molecule has 4 rings (SSSR count). The van der Waals surface area contributed by atoms with Crippen LogP contribution in [-0.2, 0) is 19.9 Å². The summed E-state index contributed by atoms with van der Waals surface area (Å²) in [5.41, 5.74) is -0.541. The number of amides is 1. The number of phenolic OH excluding ortho intramolecular Hbond substituents is 1. The summed E-state index contributed by atoms with van der Waals surface area (Å²) in [6, 6.07) is 12.0. The number of anilines is 1. The predicted molar refractivity (Wildman–Crippen MR) is 130 cm³/mol. The number of ether oxygens (including phenoxy) is 2. The van der Waals surface area contributed by atoms with Crippen molar-refractivity contribution in [2.24, 2.45) is 0 Å². The molecule has 2 aromatic rings. The van der Waals surface area contributed by atoms with Gasteiger partial charge in [0.2, 0.25) is 0 Å². The normalized spacial score (nSPS) is 29.7. The number of phenols is 1. The van der Waals surface area contributed by atoms with Gasteiger partial charge in [-0.2, -0.15) is 0 Å². The summed E-state index contributed by atoms with van der Waals surface area (Å²) >= 11 is 8.91. The van der Waals surface area contributed by atoms with Gasteiger partial charge in [0.25, 0.3) is 5.91 Å². The van der Waals surface area contributed by atoms with E-state index < -0.39 is 22.5 Å². The monoisotopic (exact) mass is 471 g/mol. The number of methoxy groups -OCH3 is 1. The molecule has 6 nitrogen and oxygen atoms in total. The van der Waals surface area contributed by atoms with Crippen molar-refractivity contribution in [1.29, 1.82) is 0 Å². The van der Waals surface area contributed by atoms with Crippen LogP contribution in [0, 0.1) is 0 Å². The van der Waals surface area contributed by atoms with E-state index in [1.807, 2.05) is 0 Å². The highest BCUT2D eigenvalue weighted by Crippen LogP contribution is 2.48. The highest BCUT2D eigenvalue weighted by Gasteiger charge is 2.51. The van der Waals surface area contributed by atoms with E-state index in [0.29, 0.717) is 28.1 Å². The second-order valence-corrected chi connectivity index (χ2v) is 9.31. The molecule has 0 radical (unpaired) electrons. The molecule has 168 valence electrons. The van der Waals surface area contributed by atoms with Crippen molar-refractivity contribution in [3.05, 3.63) is 76.7 Å². The number of rotatable bonds is 5. The molecule has 1 fully saturated rings. The van der Waals surface area contributed by atoms with E-state index in [-0.39, 0.29) is 17.4 Å². The molecule has 0 unspecified atom stereocenters. The second-order valence-electron chi connectivity index (χ2n) is 7.98. The molecule has 0 aromatic heterocycles.